The summed E-state index contributed by atoms with van der Waals surface area (Å²) in [5.41, 5.74) is 3.05. The summed E-state index contributed by atoms with van der Waals surface area (Å²) in [6.45, 7) is 3.97. The summed E-state index contributed by atoms with van der Waals surface area (Å²) < 4.78 is 20.8. The van der Waals surface area contributed by atoms with E-state index < -0.39 is 0 Å². The van der Waals surface area contributed by atoms with Crippen LogP contribution >= 0.6 is 15.9 Å². The smallest absolute Gasteiger partial charge is 0.250 e. The molecule has 6 heteroatoms. The number of rotatable bonds is 3. The van der Waals surface area contributed by atoms with Gasteiger partial charge in [0.05, 0.1) is 16.7 Å². The molecule has 0 aliphatic carbocycles. The van der Waals surface area contributed by atoms with Crippen LogP contribution < -0.4 is 5.56 Å². The Morgan fingerprint density at radius 1 is 1.26 bits per heavy atom. The molecule has 0 aliphatic rings. The molecule has 0 atom stereocenters. The summed E-state index contributed by atoms with van der Waals surface area (Å²) in [7, 11) is 0. The standard InChI is InChI=1S/C17H14BrFN2O2/c1-10-17(11(2)23-20-10)13-4-6-16(22)21(9-13)8-12-3-5-14(18)15(19)7-12/h3-7,9H,8H2,1-2H3. The van der Waals surface area contributed by atoms with Crippen molar-refractivity contribution >= 4 is 15.9 Å². The molecule has 4 nitrogen and oxygen atoms in total. The summed E-state index contributed by atoms with van der Waals surface area (Å²) in [4.78, 5) is 12.1. The number of aromatic nitrogens is 2. The minimum Gasteiger partial charge on any atom is -0.361 e. The number of nitrogens with zero attached hydrogens (tertiary/aromatic N) is 2. The third kappa shape index (κ3) is 3.12. The van der Waals surface area contributed by atoms with Gasteiger partial charge in [-0.05, 0) is 53.5 Å². The van der Waals surface area contributed by atoms with E-state index >= 15 is 0 Å². The van der Waals surface area contributed by atoms with Gasteiger partial charge in [-0.2, -0.15) is 0 Å². The van der Waals surface area contributed by atoms with Crippen LogP contribution in [0.1, 0.15) is 17.0 Å². The highest BCUT2D eigenvalue weighted by atomic mass is 79.9. The number of aryl methyl sites for hydroxylation is 2. The highest BCUT2D eigenvalue weighted by Gasteiger charge is 2.12. The van der Waals surface area contributed by atoms with Crippen molar-refractivity contribution in [3.63, 3.8) is 0 Å². The van der Waals surface area contributed by atoms with Gasteiger partial charge in [0.1, 0.15) is 11.6 Å². The summed E-state index contributed by atoms with van der Waals surface area (Å²) in [6, 6.07) is 8.07. The molecule has 0 amide bonds. The molecular weight excluding hydrogens is 363 g/mol. The lowest BCUT2D eigenvalue weighted by Crippen LogP contribution is -2.19. The maximum atomic E-state index is 13.6. The Kier molecular flexibility index (Phi) is 4.17. The van der Waals surface area contributed by atoms with Crippen molar-refractivity contribution in [3.05, 3.63) is 74.2 Å². The Hall–Kier alpha value is -2.21. The van der Waals surface area contributed by atoms with Gasteiger partial charge in [-0.3, -0.25) is 4.79 Å². The largest absolute Gasteiger partial charge is 0.361 e. The van der Waals surface area contributed by atoms with E-state index in [9.17, 15) is 9.18 Å². The maximum Gasteiger partial charge on any atom is 0.250 e. The molecule has 0 saturated carbocycles. The van der Waals surface area contributed by atoms with Crippen molar-refractivity contribution in [2.24, 2.45) is 0 Å². The quantitative estimate of drug-likeness (QED) is 0.692. The Labute approximate surface area is 140 Å². The first-order valence-electron chi connectivity index (χ1n) is 7.03. The molecule has 0 unspecified atom stereocenters. The average Bonchev–Trinajstić information content (AvgIpc) is 2.85. The van der Waals surface area contributed by atoms with E-state index in [1.807, 2.05) is 13.8 Å². The average molecular weight is 377 g/mol. The van der Waals surface area contributed by atoms with E-state index in [4.69, 9.17) is 4.52 Å². The van der Waals surface area contributed by atoms with E-state index in [-0.39, 0.29) is 11.4 Å². The van der Waals surface area contributed by atoms with E-state index in [0.717, 1.165) is 16.8 Å². The molecule has 0 saturated heterocycles. The van der Waals surface area contributed by atoms with Gasteiger partial charge in [0.15, 0.2) is 0 Å². The SMILES string of the molecule is Cc1noc(C)c1-c1ccc(=O)n(Cc2ccc(Br)c(F)c2)c1. The Morgan fingerprint density at radius 3 is 2.70 bits per heavy atom. The second-order valence-corrected chi connectivity index (χ2v) is 6.19. The van der Waals surface area contributed by atoms with Crippen molar-refractivity contribution in [2.45, 2.75) is 20.4 Å². The van der Waals surface area contributed by atoms with Crippen LogP contribution in [-0.2, 0) is 6.54 Å². The van der Waals surface area contributed by atoms with E-state index in [1.165, 1.54) is 12.1 Å². The molecule has 0 spiro atoms. The zero-order valence-corrected chi connectivity index (χ0v) is 14.2. The molecule has 2 aromatic heterocycles. The number of hydrogen-bond acceptors (Lipinski definition) is 3. The van der Waals surface area contributed by atoms with Crippen molar-refractivity contribution in [1.29, 1.82) is 0 Å². The van der Waals surface area contributed by atoms with Crippen LogP contribution in [-0.4, -0.2) is 9.72 Å². The van der Waals surface area contributed by atoms with Crippen LogP contribution in [0.4, 0.5) is 4.39 Å². The topological polar surface area (TPSA) is 48.0 Å². The van der Waals surface area contributed by atoms with Crippen LogP contribution in [0.5, 0.6) is 0 Å². The van der Waals surface area contributed by atoms with Crippen LogP contribution in [0.2, 0.25) is 0 Å². The maximum absolute atomic E-state index is 13.6. The first-order chi connectivity index (χ1) is 11.0. The van der Waals surface area contributed by atoms with Crippen molar-refractivity contribution in [1.82, 2.24) is 9.72 Å². The Morgan fingerprint density at radius 2 is 2.04 bits per heavy atom. The molecule has 23 heavy (non-hydrogen) atoms. The summed E-state index contributed by atoms with van der Waals surface area (Å²) in [5, 5.41) is 3.93. The monoisotopic (exact) mass is 376 g/mol. The highest BCUT2D eigenvalue weighted by Crippen LogP contribution is 2.26. The second-order valence-electron chi connectivity index (χ2n) is 5.33. The summed E-state index contributed by atoms with van der Waals surface area (Å²) in [5.74, 6) is 0.347. The van der Waals surface area contributed by atoms with Crippen molar-refractivity contribution in [3.8, 4) is 11.1 Å². The van der Waals surface area contributed by atoms with E-state index in [1.54, 1.807) is 29.0 Å². The van der Waals surface area contributed by atoms with Gasteiger partial charge in [-0.25, -0.2) is 4.39 Å². The lowest BCUT2D eigenvalue weighted by Gasteiger charge is -2.09. The van der Waals surface area contributed by atoms with Crippen LogP contribution in [0, 0.1) is 19.7 Å². The van der Waals surface area contributed by atoms with Gasteiger partial charge in [0.25, 0.3) is 5.56 Å². The number of hydrogen-bond donors (Lipinski definition) is 0. The summed E-state index contributed by atoms with van der Waals surface area (Å²) >= 11 is 3.12. The molecule has 118 valence electrons. The minimum absolute atomic E-state index is 0.149. The van der Waals surface area contributed by atoms with E-state index in [2.05, 4.69) is 21.1 Å². The highest BCUT2D eigenvalue weighted by molar-refractivity contribution is 9.10. The van der Waals surface area contributed by atoms with Crippen molar-refractivity contribution in [2.75, 3.05) is 0 Å². The van der Waals surface area contributed by atoms with Gasteiger partial charge in [0, 0.05) is 23.4 Å². The predicted molar refractivity (Wildman–Crippen MR) is 88.9 cm³/mol. The second kappa shape index (κ2) is 6.12. The molecule has 3 rings (SSSR count). The van der Waals surface area contributed by atoms with Crippen LogP contribution in [0.15, 0.2) is 50.3 Å². The van der Waals surface area contributed by atoms with Gasteiger partial charge in [-0.1, -0.05) is 11.2 Å². The molecule has 0 aliphatic heterocycles. The zero-order chi connectivity index (χ0) is 16.6. The fraction of sp³-hybridized carbons (Fsp3) is 0.176. The van der Waals surface area contributed by atoms with Crippen LogP contribution in [0.25, 0.3) is 11.1 Å². The molecule has 0 radical (unpaired) electrons. The van der Waals surface area contributed by atoms with Gasteiger partial charge >= 0.3 is 0 Å². The minimum atomic E-state index is -0.350. The predicted octanol–water partition coefficient (Wildman–Crippen LogP) is 4.07. The normalized spacial score (nSPS) is 11.0. The molecule has 1 aromatic carbocycles. The molecular formula is C17H14BrFN2O2. The molecule has 3 aromatic rings. The number of halogens is 2. The molecule has 2 heterocycles. The van der Waals surface area contributed by atoms with Gasteiger partial charge in [0.2, 0.25) is 0 Å². The molecule has 0 N–H and O–H groups in total. The van der Waals surface area contributed by atoms with Crippen molar-refractivity contribution < 1.29 is 8.91 Å². The Bertz CT molecular complexity index is 911. The third-order valence-electron chi connectivity index (χ3n) is 3.64. The lowest BCUT2D eigenvalue weighted by atomic mass is 10.1. The number of benzene rings is 1. The first-order valence-corrected chi connectivity index (χ1v) is 7.82. The Balaban J connectivity index is 2.01. The third-order valence-corrected chi connectivity index (χ3v) is 4.29. The zero-order valence-electron chi connectivity index (χ0n) is 12.6. The molecule has 0 bridgehead atoms. The first kappa shape index (κ1) is 15.7. The summed E-state index contributed by atoms with van der Waals surface area (Å²) in [6.07, 6.45) is 1.74. The lowest BCUT2D eigenvalue weighted by molar-refractivity contribution is 0.393. The fourth-order valence-corrected chi connectivity index (χ4v) is 2.78. The van der Waals surface area contributed by atoms with Crippen LogP contribution in [0.3, 0.4) is 0 Å². The molecule has 0 fully saturated rings. The van der Waals surface area contributed by atoms with E-state index in [0.29, 0.717) is 22.3 Å². The number of pyridine rings is 1. The van der Waals surface area contributed by atoms with Gasteiger partial charge < -0.3 is 9.09 Å². The van der Waals surface area contributed by atoms with Gasteiger partial charge in [-0.15, -0.1) is 0 Å². The fourth-order valence-electron chi connectivity index (χ4n) is 2.53.